The number of nitrogen functional groups attached to an aromatic ring is 1. The van der Waals surface area contributed by atoms with Crippen molar-refractivity contribution in [3.8, 4) is 11.3 Å². The molecule has 0 saturated heterocycles. The number of rotatable bonds is 4. The van der Waals surface area contributed by atoms with Crippen molar-refractivity contribution < 1.29 is 4.74 Å². The molecule has 0 unspecified atom stereocenters. The Morgan fingerprint density at radius 3 is 2.88 bits per heavy atom. The summed E-state index contributed by atoms with van der Waals surface area (Å²) in [7, 11) is 0. The number of anilines is 1. The van der Waals surface area contributed by atoms with E-state index in [1.54, 1.807) is 0 Å². The fraction of sp³-hybridized carbons (Fsp3) is 0.421. The van der Waals surface area contributed by atoms with Crippen molar-refractivity contribution in [2.75, 3.05) is 12.3 Å². The number of ether oxygens (including phenoxy) is 1. The van der Waals surface area contributed by atoms with Crippen LogP contribution >= 0.6 is 0 Å². The summed E-state index contributed by atoms with van der Waals surface area (Å²) in [5, 5.41) is 6.00. The van der Waals surface area contributed by atoms with Crippen molar-refractivity contribution in [1.29, 1.82) is 0 Å². The third kappa shape index (κ3) is 2.80. The van der Waals surface area contributed by atoms with Gasteiger partial charge in [0.05, 0.1) is 17.8 Å². The fourth-order valence-corrected chi connectivity index (χ4v) is 3.72. The zero-order valence-electron chi connectivity index (χ0n) is 14.0. The van der Waals surface area contributed by atoms with E-state index in [1.807, 2.05) is 12.4 Å². The topological polar surface area (TPSA) is 68.9 Å². The highest BCUT2D eigenvalue weighted by Gasteiger charge is 2.24. The summed E-state index contributed by atoms with van der Waals surface area (Å²) in [5.74, 6) is 0. The van der Waals surface area contributed by atoms with Crippen LogP contribution in [0.4, 0.5) is 5.69 Å². The van der Waals surface area contributed by atoms with Crippen LogP contribution < -0.4 is 5.73 Å². The number of aromatic amines is 1. The molecule has 0 amide bonds. The molecule has 5 heteroatoms. The Morgan fingerprint density at radius 1 is 1.25 bits per heavy atom. The smallest absolute Gasteiger partial charge is 0.115 e. The van der Waals surface area contributed by atoms with Crippen LogP contribution in [0.5, 0.6) is 0 Å². The van der Waals surface area contributed by atoms with Gasteiger partial charge in [-0.2, -0.15) is 5.10 Å². The lowest BCUT2D eigenvalue weighted by Gasteiger charge is -2.28. The zero-order chi connectivity index (χ0) is 16.5. The summed E-state index contributed by atoms with van der Waals surface area (Å²) in [6.07, 6.45) is 8.74. The van der Waals surface area contributed by atoms with Gasteiger partial charge in [-0.3, -0.25) is 4.68 Å². The van der Waals surface area contributed by atoms with Gasteiger partial charge in [0.25, 0.3) is 0 Å². The molecule has 126 valence electrons. The molecule has 1 fully saturated rings. The van der Waals surface area contributed by atoms with Crippen molar-refractivity contribution in [1.82, 2.24) is 14.8 Å². The zero-order valence-corrected chi connectivity index (χ0v) is 14.0. The van der Waals surface area contributed by atoms with E-state index in [4.69, 9.17) is 15.6 Å². The summed E-state index contributed by atoms with van der Waals surface area (Å²) in [6.45, 7) is 2.86. The molecular formula is C19H24N4O. The number of nitrogens with zero attached hydrogens (tertiary/aromatic N) is 2. The molecule has 5 nitrogen and oxygen atoms in total. The molecular weight excluding hydrogens is 300 g/mol. The summed E-state index contributed by atoms with van der Waals surface area (Å²) < 4.78 is 7.80. The SMILES string of the molecule is CCO[C@H]1CC[C@H](n2cc(N)c(-c3ccc4cc[nH]c4c3)n2)CC1. The Labute approximate surface area is 141 Å². The van der Waals surface area contributed by atoms with Crippen LogP contribution in [0.2, 0.25) is 0 Å². The Kier molecular flexibility index (Phi) is 4.02. The van der Waals surface area contributed by atoms with E-state index in [1.165, 1.54) is 5.39 Å². The Morgan fingerprint density at radius 2 is 2.08 bits per heavy atom. The summed E-state index contributed by atoms with van der Waals surface area (Å²) in [6, 6.07) is 8.80. The van der Waals surface area contributed by atoms with Gasteiger partial charge in [0.2, 0.25) is 0 Å². The van der Waals surface area contributed by atoms with Gasteiger partial charge in [-0.25, -0.2) is 0 Å². The van der Waals surface area contributed by atoms with Crippen LogP contribution in [0, 0.1) is 0 Å². The first-order valence-electron chi connectivity index (χ1n) is 8.78. The minimum atomic E-state index is 0.411. The number of nitrogens with one attached hydrogen (secondary N) is 1. The average Bonchev–Trinajstić information content (AvgIpc) is 3.21. The van der Waals surface area contributed by atoms with Crippen LogP contribution in [0.1, 0.15) is 38.6 Å². The normalized spacial score (nSPS) is 21.4. The summed E-state index contributed by atoms with van der Waals surface area (Å²) in [4.78, 5) is 3.25. The molecule has 0 aliphatic heterocycles. The molecule has 3 aromatic rings. The molecule has 0 spiro atoms. The number of benzene rings is 1. The van der Waals surface area contributed by atoms with Crippen molar-refractivity contribution in [3.63, 3.8) is 0 Å². The highest BCUT2D eigenvalue weighted by Crippen LogP contribution is 2.33. The summed E-state index contributed by atoms with van der Waals surface area (Å²) >= 11 is 0. The first-order valence-corrected chi connectivity index (χ1v) is 8.78. The van der Waals surface area contributed by atoms with Gasteiger partial charge in [0, 0.05) is 30.1 Å². The Hall–Kier alpha value is -2.27. The van der Waals surface area contributed by atoms with Gasteiger partial charge in [0.15, 0.2) is 0 Å². The molecule has 1 saturated carbocycles. The molecule has 1 aliphatic rings. The maximum absolute atomic E-state index is 6.26. The molecule has 0 bridgehead atoms. The molecule has 2 heterocycles. The van der Waals surface area contributed by atoms with Gasteiger partial charge in [-0.1, -0.05) is 12.1 Å². The monoisotopic (exact) mass is 324 g/mol. The third-order valence-corrected chi connectivity index (χ3v) is 5.01. The standard InChI is InChI=1S/C19H24N4O/c1-2-24-16-7-5-15(6-8-16)23-12-17(20)19(22-23)14-4-3-13-9-10-21-18(13)11-14/h3-4,9-12,15-16,21H,2,5-8,20H2,1H3/t15-,16-. The van der Waals surface area contributed by atoms with E-state index in [9.17, 15) is 0 Å². The molecule has 3 N–H and O–H groups in total. The van der Waals surface area contributed by atoms with Crippen molar-refractivity contribution in [3.05, 3.63) is 36.7 Å². The van der Waals surface area contributed by atoms with Crippen LogP contribution in [-0.4, -0.2) is 27.5 Å². The van der Waals surface area contributed by atoms with Crippen LogP contribution in [0.3, 0.4) is 0 Å². The van der Waals surface area contributed by atoms with Gasteiger partial charge < -0.3 is 15.5 Å². The lowest BCUT2D eigenvalue weighted by Crippen LogP contribution is -2.24. The number of H-pyrrole nitrogens is 1. The Balaban J connectivity index is 1.56. The molecule has 4 rings (SSSR count). The molecule has 2 aromatic heterocycles. The average molecular weight is 324 g/mol. The number of aromatic nitrogens is 3. The minimum absolute atomic E-state index is 0.411. The van der Waals surface area contributed by atoms with E-state index in [2.05, 4.69) is 40.9 Å². The number of nitrogens with two attached hydrogens (primary N) is 1. The highest BCUT2D eigenvalue weighted by atomic mass is 16.5. The van der Waals surface area contributed by atoms with E-state index in [0.29, 0.717) is 12.1 Å². The predicted octanol–water partition coefficient (Wildman–Crippen LogP) is 4.13. The van der Waals surface area contributed by atoms with Gasteiger partial charge in [-0.05, 0) is 50.1 Å². The third-order valence-electron chi connectivity index (χ3n) is 5.01. The summed E-state index contributed by atoms with van der Waals surface area (Å²) in [5.41, 5.74) is 10.0. The maximum atomic E-state index is 6.26. The molecule has 0 radical (unpaired) electrons. The number of fused-ring (bicyclic) bond motifs is 1. The Bertz CT molecular complexity index is 827. The van der Waals surface area contributed by atoms with E-state index < -0.39 is 0 Å². The van der Waals surface area contributed by atoms with Crippen LogP contribution in [0.15, 0.2) is 36.7 Å². The molecule has 1 aromatic carbocycles. The van der Waals surface area contributed by atoms with Crippen molar-refractivity contribution in [2.45, 2.75) is 44.8 Å². The minimum Gasteiger partial charge on any atom is -0.396 e. The molecule has 24 heavy (non-hydrogen) atoms. The second-order valence-electron chi connectivity index (χ2n) is 6.58. The predicted molar refractivity (Wildman–Crippen MR) is 96.9 cm³/mol. The first kappa shape index (κ1) is 15.3. The maximum Gasteiger partial charge on any atom is 0.115 e. The highest BCUT2D eigenvalue weighted by molar-refractivity contribution is 5.86. The van der Waals surface area contributed by atoms with Gasteiger partial charge in [-0.15, -0.1) is 0 Å². The van der Waals surface area contributed by atoms with Crippen LogP contribution in [-0.2, 0) is 4.74 Å². The van der Waals surface area contributed by atoms with Crippen molar-refractivity contribution in [2.24, 2.45) is 0 Å². The molecule has 0 atom stereocenters. The second-order valence-corrected chi connectivity index (χ2v) is 6.58. The van der Waals surface area contributed by atoms with E-state index >= 15 is 0 Å². The molecule has 1 aliphatic carbocycles. The first-order chi connectivity index (χ1) is 11.7. The number of hydrogen-bond acceptors (Lipinski definition) is 3. The lowest BCUT2D eigenvalue weighted by atomic mass is 9.93. The number of hydrogen-bond donors (Lipinski definition) is 2. The fourth-order valence-electron chi connectivity index (χ4n) is 3.72. The quantitative estimate of drug-likeness (QED) is 0.758. The van der Waals surface area contributed by atoms with Crippen LogP contribution in [0.25, 0.3) is 22.2 Å². The van der Waals surface area contributed by atoms with Gasteiger partial charge >= 0.3 is 0 Å². The van der Waals surface area contributed by atoms with E-state index in [0.717, 1.165) is 54.8 Å². The lowest BCUT2D eigenvalue weighted by molar-refractivity contribution is 0.0260. The largest absolute Gasteiger partial charge is 0.396 e. The van der Waals surface area contributed by atoms with Gasteiger partial charge in [0.1, 0.15) is 5.69 Å². The van der Waals surface area contributed by atoms with Crippen molar-refractivity contribution >= 4 is 16.6 Å². The van der Waals surface area contributed by atoms with E-state index in [-0.39, 0.29) is 0 Å². The second kappa shape index (κ2) is 6.32.